The van der Waals surface area contributed by atoms with Crippen LogP contribution in [-0.2, 0) is 0 Å². The molecule has 4 heterocycles. The molecular weight excluding hydrogens is 464 g/mol. The molecule has 11 nitrogen and oxygen atoms in total. The average molecular weight is 481 g/mol. The molecule has 0 unspecified atom stereocenters. The number of aromatic amines is 1. The molecule has 6 aromatic rings. The van der Waals surface area contributed by atoms with Gasteiger partial charge in [0.25, 0.3) is 5.56 Å². The highest BCUT2D eigenvalue weighted by Crippen LogP contribution is 2.27. The lowest BCUT2D eigenvalue weighted by Gasteiger charge is -2.08. The number of nitrogens with zero attached hydrogens (tertiary/aromatic N) is 8. The number of pyridine rings is 1. The summed E-state index contributed by atoms with van der Waals surface area (Å²) in [6.45, 7) is 0. The van der Waals surface area contributed by atoms with Gasteiger partial charge in [0.05, 0.1) is 28.5 Å². The molecule has 12 heteroatoms. The van der Waals surface area contributed by atoms with Crippen LogP contribution in [0.5, 0.6) is 0 Å². The van der Waals surface area contributed by atoms with Crippen LogP contribution in [0.3, 0.4) is 0 Å². The largest absolute Gasteiger partial charge is 0.323 e. The number of imidazole rings is 1. The van der Waals surface area contributed by atoms with Crippen LogP contribution in [0, 0.1) is 0 Å². The van der Waals surface area contributed by atoms with Gasteiger partial charge in [0, 0.05) is 6.20 Å². The Balaban J connectivity index is 1.38. The molecule has 2 aromatic carbocycles. The van der Waals surface area contributed by atoms with Crippen LogP contribution in [0.4, 0.5) is 5.95 Å². The Morgan fingerprint density at radius 1 is 0.971 bits per heavy atom. The minimum atomic E-state index is -0.271. The van der Waals surface area contributed by atoms with Crippen molar-refractivity contribution in [3.05, 3.63) is 94.9 Å². The zero-order valence-corrected chi connectivity index (χ0v) is 18.8. The zero-order chi connectivity index (χ0) is 23.6. The highest BCUT2D eigenvalue weighted by atomic mass is 32.2. The van der Waals surface area contributed by atoms with Crippen molar-refractivity contribution in [3.63, 3.8) is 0 Å². The summed E-state index contributed by atoms with van der Waals surface area (Å²) in [4.78, 5) is 25.6. The highest BCUT2D eigenvalue weighted by molar-refractivity contribution is 7.99. The van der Waals surface area contributed by atoms with Crippen LogP contribution in [0.2, 0.25) is 0 Å². The van der Waals surface area contributed by atoms with Crippen molar-refractivity contribution in [3.8, 4) is 5.69 Å². The SMILES string of the molecule is O=c1c(/C=N\Nc2nc3ccccc3[nH]2)c(Sc2nnnn2-c2ccccc2)nc2ccccn12. The highest BCUT2D eigenvalue weighted by Gasteiger charge is 2.17. The number of aromatic nitrogens is 8. The average Bonchev–Trinajstić information content (AvgIpc) is 3.53. The lowest BCUT2D eigenvalue weighted by molar-refractivity contribution is 0.755. The molecule has 0 aliphatic rings. The maximum Gasteiger partial charge on any atom is 0.267 e. The molecule has 0 bridgehead atoms. The molecule has 0 saturated carbocycles. The van der Waals surface area contributed by atoms with Crippen molar-refractivity contribution in [2.45, 2.75) is 10.2 Å². The molecule has 35 heavy (non-hydrogen) atoms. The van der Waals surface area contributed by atoms with E-state index in [0.29, 0.717) is 21.8 Å². The summed E-state index contributed by atoms with van der Waals surface area (Å²) < 4.78 is 3.06. The number of nitrogens with one attached hydrogen (secondary N) is 2. The Labute approximate surface area is 201 Å². The number of hydrogen-bond donors (Lipinski definition) is 2. The monoisotopic (exact) mass is 480 g/mol. The van der Waals surface area contributed by atoms with Crippen LogP contribution in [-0.4, -0.2) is 45.8 Å². The normalized spacial score (nSPS) is 11.5. The predicted molar refractivity (Wildman–Crippen MR) is 132 cm³/mol. The number of para-hydroxylation sites is 3. The molecule has 2 N–H and O–H groups in total. The van der Waals surface area contributed by atoms with Gasteiger partial charge in [0.15, 0.2) is 0 Å². The van der Waals surface area contributed by atoms with Crippen LogP contribution in [0.25, 0.3) is 22.4 Å². The van der Waals surface area contributed by atoms with Gasteiger partial charge in [-0.1, -0.05) is 36.4 Å². The topological polar surface area (TPSA) is 131 Å². The molecule has 0 amide bonds. The summed E-state index contributed by atoms with van der Waals surface area (Å²) in [5.74, 6) is 0.457. The number of H-pyrrole nitrogens is 1. The van der Waals surface area contributed by atoms with E-state index in [2.05, 4.69) is 41.0 Å². The molecule has 0 saturated heterocycles. The Kier molecular flexibility index (Phi) is 5.24. The number of tetrazole rings is 1. The first-order valence-corrected chi connectivity index (χ1v) is 11.3. The fourth-order valence-corrected chi connectivity index (χ4v) is 4.36. The molecular formula is C23H16N10OS. The van der Waals surface area contributed by atoms with E-state index in [9.17, 15) is 4.79 Å². The van der Waals surface area contributed by atoms with Gasteiger partial charge >= 0.3 is 0 Å². The van der Waals surface area contributed by atoms with Crippen LogP contribution < -0.4 is 11.0 Å². The fraction of sp³-hybridized carbons (Fsp3) is 0. The number of anilines is 1. The Hall–Kier alpha value is -4.84. The van der Waals surface area contributed by atoms with E-state index in [-0.39, 0.29) is 11.1 Å². The number of fused-ring (bicyclic) bond motifs is 2. The molecule has 0 radical (unpaired) electrons. The van der Waals surface area contributed by atoms with Gasteiger partial charge in [0.2, 0.25) is 11.1 Å². The maximum atomic E-state index is 13.3. The van der Waals surface area contributed by atoms with E-state index in [1.165, 1.54) is 22.4 Å². The summed E-state index contributed by atoms with van der Waals surface area (Å²) in [5, 5.41) is 17.2. The number of rotatable bonds is 6. The zero-order valence-electron chi connectivity index (χ0n) is 18.0. The summed E-state index contributed by atoms with van der Waals surface area (Å²) in [6, 6.07) is 22.5. The van der Waals surface area contributed by atoms with Crippen LogP contribution >= 0.6 is 11.8 Å². The number of benzene rings is 2. The van der Waals surface area contributed by atoms with Crippen LogP contribution in [0.1, 0.15) is 5.56 Å². The lowest BCUT2D eigenvalue weighted by atomic mass is 10.3. The fourth-order valence-electron chi connectivity index (χ4n) is 3.49. The van der Waals surface area contributed by atoms with Crippen molar-refractivity contribution >= 4 is 40.6 Å². The van der Waals surface area contributed by atoms with Gasteiger partial charge in [0.1, 0.15) is 10.7 Å². The second kappa shape index (κ2) is 8.83. The standard InChI is InChI=1S/C23H16N10OS/c34-21-16(14-24-28-22-25-17-10-4-5-11-18(17)26-22)20(27-19-12-6-7-13-32(19)21)35-23-29-30-31-33(23)15-8-2-1-3-9-15/h1-14H,(H2,25,26,28)/b24-14-. The maximum absolute atomic E-state index is 13.3. The smallest absolute Gasteiger partial charge is 0.267 e. The Morgan fingerprint density at radius 3 is 2.69 bits per heavy atom. The molecule has 0 aliphatic heterocycles. The van der Waals surface area contributed by atoms with Crippen molar-refractivity contribution in [1.82, 2.24) is 39.6 Å². The Bertz CT molecular complexity index is 1710. The molecule has 0 spiro atoms. The van der Waals surface area contributed by atoms with E-state index in [1.54, 1.807) is 23.0 Å². The summed E-state index contributed by atoms with van der Waals surface area (Å²) in [5.41, 5.74) is 5.84. The molecule has 0 fully saturated rings. The van der Waals surface area contributed by atoms with Gasteiger partial charge in [-0.3, -0.25) is 9.20 Å². The first kappa shape index (κ1) is 20.7. The van der Waals surface area contributed by atoms with Gasteiger partial charge in [-0.2, -0.15) is 9.78 Å². The molecule has 0 atom stereocenters. The molecule has 0 aliphatic carbocycles. The predicted octanol–water partition coefficient (Wildman–Crippen LogP) is 3.14. The van der Waals surface area contributed by atoms with Gasteiger partial charge in [-0.15, -0.1) is 5.10 Å². The summed E-state index contributed by atoms with van der Waals surface area (Å²) >= 11 is 1.18. The van der Waals surface area contributed by atoms with Crippen molar-refractivity contribution in [2.75, 3.05) is 5.43 Å². The third-order valence-electron chi connectivity index (χ3n) is 5.12. The van der Waals surface area contributed by atoms with E-state index in [1.807, 2.05) is 60.7 Å². The van der Waals surface area contributed by atoms with E-state index < -0.39 is 0 Å². The van der Waals surface area contributed by atoms with Gasteiger partial charge in [-0.25, -0.2) is 15.4 Å². The molecule has 4 aromatic heterocycles. The van der Waals surface area contributed by atoms with Gasteiger partial charge < -0.3 is 4.98 Å². The first-order chi connectivity index (χ1) is 17.3. The Morgan fingerprint density at radius 2 is 1.80 bits per heavy atom. The van der Waals surface area contributed by atoms with E-state index in [0.717, 1.165) is 16.7 Å². The second-order valence-corrected chi connectivity index (χ2v) is 8.30. The third-order valence-corrected chi connectivity index (χ3v) is 6.06. The van der Waals surface area contributed by atoms with Gasteiger partial charge in [-0.05, 0) is 58.6 Å². The number of hydrogen-bond acceptors (Lipinski definition) is 9. The van der Waals surface area contributed by atoms with Crippen molar-refractivity contribution < 1.29 is 0 Å². The summed E-state index contributed by atoms with van der Waals surface area (Å²) in [6.07, 6.45) is 3.10. The molecule has 170 valence electrons. The minimum absolute atomic E-state index is 0.271. The number of hydrazone groups is 1. The lowest BCUT2D eigenvalue weighted by Crippen LogP contribution is -2.21. The van der Waals surface area contributed by atoms with Crippen LogP contribution in [0.15, 0.2) is 99.1 Å². The quantitative estimate of drug-likeness (QED) is 0.211. The van der Waals surface area contributed by atoms with E-state index in [4.69, 9.17) is 0 Å². The van der Waals surface area contributed by atoms with Crippen molar-refractivity contribution in [2.24, 2.45) is 5.10 Å². The summed E-state index contributed by atoms with van der Waals surface area (Å²) in [7, 11) is 0. The minimum Gasteiger partial charge on any atom is -0.323 e. The first-order valence-electron chi connectivity index (χ1n) is 10.5. The van der Waals surface area contributed by atoms with E-state index >= 15 is 0 Å². The molecule has 6 rings (SSSR count). The second-order valence-electron chi connectivity index (χ2n) is 7.35. The van der Waals surface area contributed by atoms with Crippen molar-refractivity contribution in [1.29, 1.82) is 0 Å². The third kappa shape index (κ3) is 4.02.